The van der Waals surface area contributed by atoms with Crippen molar-refractivity contribution < 1.29 is 9.53 Å². The molecule has 1 saturated heterocycles. The minimum absolute atomic E-state index is 0.138. The van der Waals surface area contributed by atoms with Crippen LogP contribution in [0.4, 0.5) is 5.95 Å². The van der Waals surface area contributed by atoms with Crippen LogP contribution in [-0.4, -0.2) is 40.8 Å². The van der Waals surface area contributed by atoms with Crippen molar-refractivity contribution in [1.82, 2.24) is 15.2 Å². The van der Waals surface area contributed by atoms with E-state index in [0.29, 0.717) is 24.1 Å². The van der Waals surface area contributed by atoms with E-state index in [-0.39, 0.29) is 11.9 Å². The van der Waals surface area contributed by atoms with Crippen LogP contribution in [0.5, 0.6) is 0 Å². The second-order valence-corrected chi connectivity index (χ2v) is 6.12. The van der Waals surface area contributed by atoms with E-state index in [4.69, 9.17) is 16.3 Å². The molecule has 24 heavy (non-hydrogen) atoms. The number of nitrogens with zero attached hydrogens (tertiary/aromatic N) is 4. The standard InChI is InChI=1S/C17H19ClN4O2/c1-2-24-16(23)13-4-3-9-22(11-13)17-20-15(10-19-21-17)12-5-7-14(18)8-6-12/h5-8,10,13H,2-4,9,11H2,1H3/t13-/m1/s1. The van der Waals surface area contributed by atoms with Gasteiger partial charge in [0.05, 0.1) is 24.4 Å². The zero-order valence-corrected chi connectivity index (χ0v) is 14.2. The summed E-state index contributed by atoms with van der Waals surface area (Å²) in [4.78, 5) is 18.6. The lowest BCUT2D eigenvalue weighted by Gasteiger charge is -2.31. The van der Waals surface area contributed by atoms with E-state index in [9.17, 15) is 4.79 Å². The molecule has 0 amide bonds. The molecule has 1 atom stereocenters. The second kappa shape index (κ2) is 7.57. The third-order valence-electron chi connectivity index (χ3n) is 4.01. The Bertz CT molecular complexity index is 708. The van der Waals surface area contributed by atoms with Gasteiger partial charge in [0.2, 0.25) is 5.95 Å². The van der Waals surface area contributed by atoms with E-state index < -0.39 is 0 Å². The van der Waals surface area contributed by atoms with E-state index >= 15 is 0 Å². The molecule has 1 aromatic heterocycles. The summed E-state index contributed by atoms with van der Waals surface area (Å²) >= 11 is 5.92. The van der Waals surface area contributed by atoms with Gasteiger partial charge in [-0.25, -0.2) is 4.98 Å². The lowest BCUT2D eigenvalue weighted by atomic mass is 9.98. The van der Waals surface area contributed by atoms with Crippen molar-refractivity contribution in [1.29, 1.82) is 0 Å². The Morgan fingerprint density at radius 3 is 2.92 bits per heavy atom. The van der Waals surface area contributed by atoms with Crippen LogP contribution < -0.4 is 4.90 Å². The van der Waals surface area contributed by atoms with Gasteiger partial charge < -0.3 is 9.64 Å². The van der Waals surface area contributed by atoms with Crippen LogP contribution in [-0.2, 0) is 9.53 Å². The Hall–Kier alpha value is -2.21. The van der Waals surface area contributed by atoms with E-state index in [1.807, 2.05) is 36.1 Å². The molecule has 1 aliphatic heterocycles. The molecule has 3 rings (SSSR count). The summed E-state index contributed by atoms with van der Waals surface area (Å²) in [7, 11) is 0. The first-order chi connectivity index (χ1) is 11.7. The number of rotatable bonds is 4. The number of halogens is 1. The molecule has 0 unspecified atom stereocenters. The van der Waals surface area contributed by atoms with Crippen LogP contribution in [0.1, 0.15) is 19.8 Å². The molecule has 0 spiro atoms. The minimum Gasteiger partial charge on any atom is -0.466 e. The molecule has 1 aromatic carbocycles. The summed E-state index contributed by atoms with van der Waals surface area (Å²) in [6.07, 6.45) is 3.36. The maximum Gasteiger partial charge on any atom is 0.310 e. The lowest BCUT2D eigenvalue weighted by molar-refractivity contribution is -0.148. The molecule has 2 heterocycles. The van der Waals surface area contributed by atoms with Crippen LogP contribution in [0, 0.1) is 5.92 Å². The van der Waals surface area contributed by atoms with Crippen molar-refractivity contribution in [3.8, 4) is 11.3 Å². The van der Waals surface area contributed by atoms with Gasteiger partial charge in [0.15, 0.2) is 0 Å². The summed E-state index contributed by atoms with van der Waals surface area (Å²) in [5.74, 6) is 0.252. The highest BCUT2D eigenvalue weighted by Crippen LogP contribution is 2.24. The fourth-order valence-corrected chi connectivity index (χ4v) is 2.93. The number of piperidine rings is 1. The molecular weight excluding hydrogens is 328 g/mol. The summed E-state index contributed by atoms with van der Waals surface area (Å²) in [5, 5.41) is 8.87. The first-order valence-electron chi connectivity index (χ1n) is 8.04. The van der Waals surface area contributed by atoms with Crippen molar-refractivity contribution in [3.63, 3.8) is 0 Å². The van der Waals surface area contributed by atoms with Crippen molar-refractivity contribution in [2.45, 2.75) is 19.8 Å². The Balaban J connectivity index is 1.78. The van der Waals surface area contributed by atoms with Crippen LogP contribution in [0.2, 0.25) is 5.02 Å². The van der Waals surface area contributed by atoms with Crippen LogP contribution in [0.15, 0.2) is 30.5 Å². The molecular formula is C17H19ClN4O2. The SMILES string of the molecule is CCOC(=O)[C@@H]1CCCN(c2nncc(-c3ccc(Cl)cc3)n2)C1. The molecule has 1 fully saturated rings. The third-order valence-corrected chi connectivity index (χ3v) is 4.26. The van der Waals surface area contributed by atoms with Crippen LogP contribution in [0.3, 0.4) is 0 Å². The first kappa shape index (κ1) is 16.6. The summed E-state index contributed by atoms with van der Waals surface area (Å²) in [6.45, 7) is 3.59. The molecule has 6 nitrogen and oxygen atoms in total. The van der Waals surface area contributed by atoms with Crippen LogP contribution >= 0.6 is 11.6 Å². The van der Waals surface area contributed by atoms with Gasteiger partial charge in [-0.1, -0.05) is 23.7 Å². The monoisotopic (exact) mass is 346 g/mol. The number of ether oxygens (including phenoxy) is 1. The van der Waals surface area contributed by atoms with E-state index in [1.165, 1.54) is 0 Å². The number of aromatic nitrogens is 3. The molecule has 0 saturated carbocycles. The summed E-state index contributed by atoms with van der Waals surface area (Å²) in [6, 6.07) is 7.42. The molecule has 0 radical (unpaired) electrons. The number of anilines is 1. The van der Waals surface area contributed by atoms with Gasteiger partial charge in [0, 0.05) is 23.7 Å². The molecule has 0 bridgehead atoms. The predicted octanol–water partition coefficient (Wildman–Crippen LogP) is 2.97. The smallest absolute Gasteiger partial charge is 0.310 e. The maximum absolute atomic E-state index is 12.0. The number of hydrogen-bond donors (Lipinski definition) is 0. The quantitative estimate of drug-likeness (QED) is 0.793. The molecule has 1 aliphatic rings. The van der Waals surface area contributed by atoms with Gasteiger partial charge in [0.25, 0.3) is 0 Å². The Labute approximate surface area is 145 Å². The largest absolute Gasteiger partial charge is 0.466 e. The van der Waals surface area contributed by atoms with Crippen molar-refractivity contribution >= 4 is 23.5 Å². The molecule has 0 N–H and O–H groups in total. The van der Waals surface area contributed by atoms with E-state index in [0.717, 1.165) is 30.6 Å². The zero-order chi connectivity index (χ0) is 16.9. The average Bonchev–Trinajstić information content (AvgIpc) is 2.63. The fourth-order valence-electron chi connectivity index (χ4n) is 2.80. The van der Waals surface area contributed by atoms with E-state index in [1.54, 1.807) is 6.20 Å². The lowest BCUT2D eigenvalue weighted by Crippen LogP contribution is -2.40. The number of carbonyl (C=O) groups excluding carboxylic acids is 1. The Morgan fingerprint density at radius 1 is 1.38 bits per heavy atom. The third kappa shape index (κ3) is 3.82. The Morgan fingerprint density at radius 2 is 2.17 bits per heavy atom. The van der Waals surface area contributed by atoms with Crippen molar-refractivity contribution in [2.24, 2.45) is 5.92 Å². The van der Waals surface area contributed by atoms with Crippen molar-refractivity contribution in [2.75, 3.05) is 24.6 Å². The van der Waals surface area contributed by atoms with Gasteiger partial charge in [-0.05, 0) is 31.9 Å². The molecule has 2 aromatic rings. The fraction of sp³-hybridized carbons (Fsp3) is 0.412. The summed E-state index contributed by atoms with van der Waals surface area (Å²) < 4.78 is 5.14. The predicted molar refractivity (Wildman–Crippen MR) is 91.8 cm³/mol. The topological polar surface area (TPSA) is 68.2 Å². The van der Waals surface area contributed by atoms with Gasteiger partial charge in [-0.3, -0.25) is 4.79 Å². The van der Waals surface area contributed by atoms with Crippen molar-refractivity contribution in [3.05, 3.63) is 35.5 Å². The van der Waals surface area contributed by atoms with Gasteiger partial charge in [-0.2, -0.15) is 5.10 Å². The van der Waals surface area contributed by atoms with Gasteiger partial charge in [-0.15, -0.1) is 5.10 Å². The van der Waals surface area contributed by atoms with Gasteiger partial charge in [0.1, 0.15) is 0 Å². The molecule has 0 aliphatic carbocycles. The maximum atomic E-state index is 12.0. The van der Waals surface area contributed by atoms with E-state index in [2.05, 4.69) is 15.2 Å². The average molecular weight is 347 g/mol. The highest BCUT2D eigenvalue weighted by molar-refractivity contribution is 6.30. The normalized spacial score (nSPS) is 17.6. The Kier molecular flexibility index (Phi) is 5.25. The molecule has 7 heteroatoms. The molecule has 126 valence electrons. The summed E-state index contributed by atoms with van der Waals surface area (Å²) in [5.41, 5.74) is 1.66. The number of carbonyl (C=O) groups is 1. The van der Waals surface area contributed by atoms with Gasteiger partial charge >= 0.3 is 5.97 Å². The first-order valence-corrected chi connectivity index (χ1v) is 8.42. The number of hydrogen-bond acceptors (Lipinski definition) is 6. The minimum atomic E-state index is -0.149. The zero-order valence-electron chi connectivity index (χ0n) is 13.5. The highest BCUT2D eigenvalue weighted by Gasteiger charge is 2.28. The number of benzene rings is 1. The highest BCUT2D eigenvalue weighted by atomic mass is 35.5. The number of esters is 1. The van der Waals surface area contributed by atoms with Crippen LogP contribution in [0.25, 0.3) is 11.3 Å². The second-order valence-electron chi connectivity index (χ2n) is 5.69.